The molecule has 0 radical (unpaired) electrons. The van der Waals surface area contributed by atoms with Crippen molar-refractivity contribution in [2.24, 2.45) is 0 Å². The SMILES string of the molecule is CC(=O)Nc1nc(COc2cc(F)ccc2[N+](=O)[O-])cs1. The number of halogens is 1. The van der Waals surface area contributed by atoms with E-state index in [1.807, 2.05) is 0 Å². The first-order valence-electron chi connectivity index (χ1n) is 5.74. The number of nitro groups is 1. The number of hydrogen-bond donors (Lipinski definition) is 1. The number of anilines is 1. The van der Waals surface area contributed by atoms with Crippen molar-refractivity contribution >= 4 is 28.1 Å². The van der Waals surface area contributed by atoms with E-state index in [0.717, 1.165) is 18.2 Å². The third-order valence-electron chi connectivity index (χ3n) is 2.33. The number of amides is 1. The first-order valence-corrected chi connectivity index (χ1v) is 6.62. The highest BCUT2D eigenvalue weighted by Gasteiger charge is 2.16. The van der Waals surface area contributed by atoms with Gasteiger partial charge in [-0.25, -0.2) is 9.37 Å². The zero-order valence-corrected chi connectivity index (χ0v) is 11.6. The molecule has 0 unspecified atom stereocenters. The van der Waals surface area contributed by atoms with E-state index in [-0.39, 0.29) is 24.0 Å². The lowest BCUT2D eigenvalue weighted by Gasteiger charge is -2.05. The summed E-state index contributed by atoms with van der Waals surface area (Å²) in [5.41, 5.74) is 0.149. The predicted molar refractivity (Wildman–Crippen MR) is 73.8 cm³/mol. The van der Waals surface area contributed by atoms with E-state index in [0.29, 0.717) is 10.8 Å². The molecule has 1 N–H and O–H groups in total. The van der Waals surface area contributed by atoms with E-state index in [1.54, 1.807) is 5.38 Å². The molecule has 2 aromatic rings. The number of carbonyl (C=O) groups excluding carboxylic acids is 1. The van der Waals surface area contributed by atoms with Crippen LogP contribution in [0.25, 0.3) is 0 Å². The fourth-order valence-corrected chi connectivity index (χ4v) is 2.23. The van der Waals surface area contributed by atoms with Crippen LogP contribution in [0.5, 0.6) is 5.75 Å². The number of benzene rings is 1. The summed E-state index contributed by atoms with van der Waals surface area (Å²) in [6.45, 7) is 1.29. The Balaban J connectivity index is 2.09. The molecule has 0 spiro atoms. The highest BCUT2D eigenvalue weighted by atomic mass is 32.1. The van der Waals surface area contributed by atoms with Gasteiger partial charge in [0.25, 0.3) is 0 Å². The van der Waals surface area contributed by atoms with Crippen molar-refractivity contribution in [2.75, 3.05) is 5.32 Å². The van der Waals surface area contributed by atoms with Crippen molar-refractivity contribution in [1.82, 2.24) is 4.98 Å². The molecule has 0 bridgehead atoms. The number of thiazole rings is 1. The highest BCUT2D eigenvalue weighted by molar-refractivity contribution is 7.13. The Morgan fingerprint density at radius 3 is 3.00 bits per heavy atom. The van der Waals surface area contributed by atoms with Crippen LogP contribution in [0.4, 0.5) is 15.2 Å². The fourth-order valence-electron chi connectivity index (χ4n) is 1.49. The zero-order valence-electron chi connectivity index (χ0n) is 10.8. The van der Waals surface area contributed by atoms with Crippen molar-refractivity contribution in [1.29, 1.82) is 0 Å². The summed E-state index contributed by atoms with van der Waals surface area (Å²) in [4.78, 5) is 25.1. The molecular weight excluding hydrogens is 301 g/mol. The van der Waals surface area contributed by atoms with Crippen LogP contribution in [0.3, 0.4) is 0 Å². The van der Waals surface area contributed by atoms with Gasteiger partial charge in [-0.3, -0.25) is 14.9 Å². The third-order valence-corrected chi connectivity index (χ3v) is 3.14. The molecule has 0 fully saturated rings. The average Bonchev–Trinajstić information content (AvgIpc) is 2.82. The largest absolute Gasteiger partial charge is 0.480 e. The van der Waals surface area contributed by atoms with Gasteiger partial charge < -0.3 is 10.1 Å². The molecule has 0 aliphatic rings. The summed E-state index contributed by atoms with van der Waals surface area (Å²) in [7, 11) is 0. The Morgan fingerprint density at radius 2 is 2.33 bits per heavy atom. The molecule has 1 heterocycles. The van der Waals surface area contributed by atoms with Gasteiger partial charge in [0.05, 0.1) is 10.6 Å². The van der Waals surface area contributed by atoms with E-state index in [4.69, 9.17) is 4.74 Å². The minimum atomic E-state index is -0.654. The van der Waals surface area contributed by atoms with Gasteiger partial charge >= 0.3 is 5.69 Å². The maximum Gasteiger partial charge on any atom is 0.311 e. The first-order chi connectivity index (χ1) is 9.95. The lowest BCUT2D eigenvalue weighted by molar-refractivity contribution is -0.386. The quantitative estimate of drug-likeness (QED) is 0.676. The molecular formula is C12H10FN3O4S. The number of nitrogens with zero attached hydrogens (tertiary/aromatic N) is 2. The maximum atomic E-state index is 13.1. The average molecular weight is 311 g/mol. The van der Waals surface area contributed by atoms with Crippen molar-refractivity contribution in [3.8, 4) is 5.75 Å². The van der Waals surface area contributed by atoms with E-state index >= 15 is 0 Å². The summed E-state index contributed by atoms with van der Waals surface area (Å²) in [5, 5.41) is 15.4. The van der Waals surface area contributed by atoms with Gasteiger partial charge in [0, 0.05) is 24.4 Å². The third kappa shape index (κ3) is 3.96. The van der Waals surface area contributed by atoms with Crippen LogP contribution >= 0.6 is 11.3 Å². The Morgan fingerprint density at radius 1 is 1.57 bits per heavy atom. The Bertz CT molecular complexity index is 689. The van der Waals surface area contributed by atoms with Gasteiger partial charge in [-0.05, 0) is 6.07 Å². The molecule has 2 rings (SSSR count). The minimum absolute atomic E-state index is 0.0691. The van der Waals surface area contributed by atoms with E-state index in [9.17, 15) is 19.3 Å². The number of nitrogens with one attached hydrogen (secondary N) is 1. The zero-order chi connectivity index (χ0) is 15.4. The smallest absolute Gasteiger partial charge is 0.311 e. The lowest BCUT2D eigenvalue weighted by Crippen LogP contribution is -2.05. The lowest BCUT2D eigenvalue weighted by atomic mass is 10.3. The van der Waals surface area contributed by atoms with Gasteiger partial charge in [-0.15, -0.1) is 11.3 Å². The molecule has 0 saturated heterocycles. The number of rotatable bonds is 5. The van der Waals surface area contributed by atoms with Crippen molar-refractivity contribution < 1.29 is 18.8 Å². The van der Waals surface area contributed by atoms with E-state index in [2.05, 4.69) is 10.3 Å². The van der Waals surface area contributed by atoms with E-state index in [1.165, 1.54) is 18.3 Å². The summed E-state index contributed by atoms with van der Waals surface area (Å²) >= 11 is 1.20. The van der Waals surface area contributed by atoms with Crippen LogP contribution in [-0.4, -0.2) is 15.8 Å². The fraction of sp³-hybridized carbons (Fsp3) is 0.167. The Labute approximate surface area is 122 Å². The van der Waals surface area contributed by atoms with Crippen LogP contribution in [0.1, 0.15) is 12.6 Å². The number of ether oxygens (including phenoxy) is 1. The van der Waals surface area contributed by atoms with Crippen LogP contribution in [0.2, 0.25) is 0 Å². The van der Waals surface area contributed by atoms with Gasteiger partial charge in [-0.1, -0.05) is 0 Å². The second-order valence-electron chi connectivity index (χ2n) is 3.98. The molecule has 0 aliphatic carbocycles. The minimum Gasteiger partial charge on any atom is -0.480 e. The summed E-state index contributed by atoms with van der Waals surface area (Å²) in [5.74, 6) is -1.06. The molecule has 0 atom stereocenters. The van der Waals surface area contributed by atoms with Crippen LogP contribution < -0.4 is 10.1 Å². The van der Waals surface area contributed by atoms with Crippen molar-refractivity contribution in [3.63, 3.8) is 0 Å². The molecule has 1 amide bonds. The van der Waals surface area contributed by atoms with Crippen molar-refractivity contribution in [3.05, 3.63) is 45.2 Å². The predicted octanol–water partition coefficient (Wildman–Crippen LogP) is 2.73. The standard InChI is InChI=1S/C12H10FN3O4S/c1-7(17)14-12-15-9(6-21-12)5-20-11-4-8(13)2-3-10(11)16(18)19/h2-4,6H,5H2,1H3,(H,14,15,17). The normalized spacial score (nSPS) is 10.2. The number of carbonyl (C=O) groups is 1. The first kappa shape index (κ1) is 14.9. The molecule has 1 aromatic carbocycles. The van der Waals surface area contributed by atoms with Crippen LogP contribution in [0, 0.1) is 15.9 Å². The molecule has 9 heteroatoms. The number of hydrogen-bond acceptors (Lipinski definition) is 6. The number of aromatic nitrogens is 1. The van der Waals surface area contributed by atoms with Crippen LogP contribution in [0.15, 0.2) is 23.6 Å². The second-order valence-corrected chi connectivity index (χ2v) is 4.84. The molecule has 1 aromatic heterocycles. The van der Waals surface area contributed by atoms with Gasteiger partial charge in [0.15, 0.2) is 10.9 Å². The Hall–Kier alpha value is -2.55. The van der Waals surface area contributed by atoms with Crippen molar-refractivity contribution in [2.45, 2.75) is 13.5 Å². The number of nitro benzene ring substituents is 1. The van der Waals surface area contributed by atoms with Gasteiger partial charge in [-0.2, -0.15) is 0 Å². The van der Waals surface area contributed by atoms with E-state index < -0.39 is 10.7 Å². The summed E-state index contributed by atoms with van der Waals surface area (Å²) < 4.78 is 18.4. The molecule has 0 saturated carbocycles. The second kappa shape index (κ2) is 6.27. The van der Waals surface area contributed by atoms with Crippen LogP contribution in [-0.2, 0) is 11.4 Å². The maximum absolute atomic E-state index is 13.1. The molecule has 21 heavy (non-hydrogen) atoms. The van der Waals surface area contributed by atoms with Gasteiger partial charge in [0.2, 0.25) is 5.91 Å². The highest BCUT2D eigenvalue weighted by Crippen LogP contribution is 2.28. The summed E-state index contributed by atoms with van der Waals surface area (Å²) in [6, 6.07) is 2.97. The molecule has 7 nitrogen and oxygen atoms in total. The topological polar surface area (TPSA) is 94.4 Å². The molecule has 110 valence electrons. The van der Waals surface area contributed by atoms with Gasteiger partial charge in [0.1, 0.15) is 12.4 Å². The monoisotopic (exact) mass is 311 g/mol. The molecule has 0 aliphatic heterocycles. The Kier molecular flexibility index (Phi) is 4.43. The summed E-state index contributed by atoms with van der Waals surface area (Å²) in [6.07, 6.45) is 0.